The van der Waals surface area contributed by atoms with Gasteiger partial charge < -0.3 is 5.73 Å². The number of halogens is 2. The molecule has 2 aromatic rings. The molecule has 0 aliphatic rings. The van der Waals surface area contributed by atoms with Crippen LogP contribution in [0.15, 0.2) is 42.5 Å². The van der Waals surface area contributed by atoms with Crippen molar-refractivity contribution in [2.24, 2.45) is 5.73 Å². The fourth-order valence-corrected chi connectivity index (χ4v) is 1.73. The number of aryl methyl sites for hydroxylation is 1. The van der Waals surface area contributed by atoms with E-state index in [1.165, 1.54) is 6.07 Å². The first kappa shape index (κ1) is 13.7. The second-order valence-electron chi connectivity index (χ2n) is 3.86. The Morgan fingerprint density at radius 3 is 2.29 bits per heavy atom. The van der Waals surface area contributed by atoms with Crippen molar-refractivity contribution in [1.82, 2.24) is 0 Å². The van der Waals surface area contributed by atoms with Crippen molar-refractivity contribution in [1.29, 1.82) is 0 Å². The van der Waals surface area contributed by atoms with Gasteiger partial charge in [0.25, 0.3) is 0 Å². The molecule has 0 saturated carbocycles. The Morgan fingerprint density at radius 2 is 1.71 bits per heavy atom. The van der Waals surface area contributed by atoms with Crippen molar-refractivity contribution in [3.8, 4) is 11.1 Å². The third kappa shape index (κ3) is 3.05. The third-order valence-corrected chi connectivity index (χ3v) is 2.70. The monoisotopic (exact) mass is 251 g/mol. The fourth-order valence-electron chi connectivity index (χ4n) is 1.73. The largest absolute Gasteiger partial charge is 0.326 e. The van der Waals surface area contributed by atoms with Gasteiger partial charge in [-0.3, -0.25) is 0 Å². The fraction of sp³-hybridized carbons (Fsp3) is 0.143. The molecule has 3 heteroatoms. The maximum absolute atomic E-state index is 13.2. The van der Waals surface area contributed by atoms with Gasteiger partial charge in [-0.2, -0.15) is 0 Å². The van der Waals surface area contributed by atoms with E-state index >= 15 is 0 Å². The molecule has 2 rings (SSSR count). The second kappa shape index (κ2) is 5.80. The Morgan fingerprint density at radius 1 is 1.06 bits per heavy atom. The third-order valence-electron chi connectivity index (χ3n) is 2.70. The SMILES string of the molecule is Cc1ccc(F)cc1-c1ccc(CN)cc1.Cl. The summed E-state index contributed by atoms with van der Waals surface area (Å²) in [6, 6.07) is 12.7. The van der Waals surface area contributed by atoms with Crippen LogP contribution in [0.4, 0.5) is 4.39 Å². The molecule has 0 aliphatic heterocycles. The number of nitrogens with two attached hydrogens (primary N) is 1. The molecule has 2 N–H and O–H groups in total. The van der Waals surface area contributed by atoms with E-state index in [0.29, 0.717) is 6.54 Å². The molecule has 0 radical (unpaired) electrons. The summed E-state index contributed by atoms with van der Waals surface area (Å²) in [4.78, 5) is 0. The van der Waals surface area contributed by atoms with Gasteiger partial charge in [0.15, 0.2) is 0 Å². The molecule has 0 aromatic heterocycles. The lowest BCUT2D eigenvalue weighted by molar-refractivity contribution is 0.628. The van der Waals surface area contributed by atoms with E-state index in [4.69, 9.17) is 5.73 Å². The maximum Gasteiger partial charge on any atom is 0.123 e. The first-order valence-electron chi connectivity index (χ1n) is 5.26. The second-order valence-corrected chi connectivity index (χ2v) is 3.86. The maximum atomic E-state index is 13.2. The number of hydrogen-bond donors (Lipinski definition) is 1. The van der Waals surface area contributed by atoms with Crippen molar-refractivity contribution in [2.75, 3.05) is 0 Å². The highest BCUT2D eigenvalue weighted by Crippen LogP contribution is 2.24. The predicted molar refractivity (Wildman–Crippen MR) is 71.7 cm³/mol. The van der Waals surface area contributed by atoms with E-state index < -0.39 is 0 Å². The molecule has 0 fully saturated rings. The smallest absolute Gasteiger partial charge is 0.123 e. The summed E-state index contributed by atoms with van der Waals surface area (Å²) >= 11 is 0. The first-order valence-corrected chi connectivity index (χ1v) is 5.26. The van der Waals surface area contributed by atoms with Crippen LogP contribution in [-0.2, 0) is 6.54 Å². The zero-order valence-corrected chi connectivity index (χ0v) is 10.4. The average Bonchev–Trinajstić information content (AvgIpc) is 2.32. The van der Waals surface area contributed by atoms with Gasteiger partial charge in [-0.1, -0.05) is 30.3 Å². The lowest BCUT2D eigenvalue weighted by Crippen LogP contribution is -1.95. The first-order chi connectivity index (χ1) is 7.70. The lowest BCUT2D eigenvalue weighted by atomic mass is 9.99. The van der Waals surface area contributed by atoms with Crippen LogP contribution in [0.25, 0.3) is 11.1 Å². The zero-order valence-electron chi connectivity index (χ0n) is 9.61. The Labute approximate surface area is 107 Å². The van der Waals surface area contributed by atoms with Gasteiger partial charge in [0, 0.05) is 6.54 Å². The number of rotatable bonds is 2. The summed E-state index contributed by atoms with van der Waals surface area (Å²) in [7, 11) is 0. The van der Waals surface area contributed by atoms with Crippen LogP contribution in [0.2, 0.25) is 0 Å². The predicted octanol–water partition coefficient (Wildman–Crippen LogP) is 3.68. The van der Waals surface area contributed by atoms with Crippen molar-refractivity contribution >= 4 is 12.4 Å². The summed E-state index contributed by atoms with van der Waals surface area (Å²) in [5.74, 6) is -0.205. The molecule has 1 nitrogen and oxygen atoms in total. The van der Waals surface area contributed by atoms with E-state index in [9.17, 15) is 4.39 Å². The van der Waals surface area contributed by atoms with Crippen LogP contribution >= 0.6 is 12.4 Å². The van der Waals surface area contributed by atoms with E-state index in [-0.39, 0.29) is 18.2 Å². The van der Waals surface area contributed by atoms with Crippen molar-refractivity contribution in [3.05, 3.63) is 59.4 Å². The molecule has 90 valence electrons. The summed E-state index contributed by atoms with van der Waals surface area (Å²) in [6.45, 7) is 2.51. The van der Waals surface area contributed by atoms with Gasteiger partial charge in [-0.25, -0.2) is 4.39 Å². The summed E-state index contributed by atoms with van der Waals surface area (Å²) in [5.41, 5.74) is 9.64. The standard InChI is InChI=1S/C14H14FN.ClH/c1-10-2-7-13(15)8-14(10)12-5-3-11(9-16)4-6-12;/h2-8H,9,16H2,1H3;1H. The molecule has 2 aromatic carbocycles. The molecule has 17 heavy (non-hydrogen) atoms. The van der Waals surface area contributed by atoms with Crippen molar-refractivity contribution < 1.29 is 4.39 Å². The normalized spacial score (nSPS) is 9.82. The molecular formula is C14H15ClFN. The molecule has 0 unspecified atom stereocenters. The van der Waals surface area contributed by atoms with E-state index in [1.54, 1.807) is 12.1 Å². The quantitative estimate of drug-likeness (QED) is 0.866. The van der Waals surface area contributed by atoms with Gasteiger partial charge in [0.2, 0.25) is 0 Å². The zero-order chi connectivity index (χ0) is 11.5. The molecule has 0 heterocycles. The van der Waals surface area contributed by atoms with Crippen LogP contribution in [0.1, 0.15) is 11.1 Å². The molecule has 0 saturated heterocycles. The Bertz CT molecular complexity index is 494. The minimum Gasteiger partial charge on any atom is -0.326 e. The highest BCUT2D eigenvalue weighted by molar-refractivity contribution is 5.85. The van der Waals surface area contributed by atoms with Gasteiger partial charge in [0.05, 0.1) is 0 Å². The minimum atomic E-state index is -0.205. The van der Waals surface area contributed by atoms with Gasteiger partial charge >= 0.3 is 0 Å². The van der Waals surface area contributed by atoms with Crippen LogP contribution in [0.3, 0.4) is 0 Å². The Kier molecular flexibility index (Phi) is 4.67. The summed E-state index contributed by atoms with van der Waals surface area (Å²) < 4.78 is 13.2. The van der Waals surface area contributed by atoms with Crippen LogP contribution in [0.5, 0.6) is 0 Å². The Hall–Kier alpha value is -1.38. The summed E-state index contributed by atoms with van der Waals surface area (Å²) in [6.07, 6.45) is 0. The van der Waals surface area contributed by atoms with Crippen LogP contribution in [-0.4, -0.2) is 0 Å². The number of hydrogen-bond acceptors (Lipinski definition) is 1. The highest BCUT2D eigenvalue weighted by Gasteiger charge is 2.03. The molecular weight excluding hydrogens is 237 g/mol. The van der Waals surface area contributed by atoms with Gasteiger partial charge in [-0.15, -0.1) is 12.4 Å². The molecule has 0 amide bonds. The van der Waals surface area contributed by atoms with Gasteiger partial charge in [-0.05, 0) is 41.3 Å². The van der Waals surface area contributed by atoms with Crippen LogP contribution < -0.4 is 5.73 Å². The molecule has 0 aliphatic carbocycles. The highest BCUT2D eigenvalue weighted by atomic mass is 35.5. The van der Waals surface area contributed by atoms with Crippen molar-refractivity contribution in [2.45, 2.75) is 13.5 Å². The van der Waals surface area contributed by atoms with E-state index in [2.05, 4.69) is 0 Å². The minimum absolute atomic E-state index is 0. The average molecular weight is 252 g/mol. The van der Waals surface area contributed by atoms with Gasteiger partial charge in [0.1, 0.15) is 5.82 Å². The molecule has 0 spiro atoms. The molecule has 0 atom stereocenters. The summed E-state index contributed by atoms with van der Waals surface area (Å²) in [5, 5.41) is 0. The lowest BCUT2D eigenvalue weighted by Gasteiger charge is -2.07. The number of benzene rings is 2. The molecule has 0 bridgehead atoms. The topological polar surface area (TPSA) is 26.0 Å². The van der Waals surface area contributed by atoms with E-state index in [0.717, 1.165) is 22.3 Å². The van der Waals surface area contributed by atoms with Crippen LogP contribution in [0, 0.1) is 12.7 Å². The van der Waals surface area contributed by atoms with E-state index in [1.807, 2.05) is 31.2 Å². The Balaban J connectivity index is 0.00000144. The van der Waals surface area contributed by atoms with Crippen molar-refractivity contribution in [3.63, 3.8) is 0 Å².